The number of rotatable bonds is 0. The molecule has 0 aromatic carbocycles. The molecule has 1 aliphatic heterocycles. The summed E-state index contributed by atoms with van der Waals surface area (Å²) in [5.74, 6) is 0.993. The molecule has 0 bridgehead atoms. The van der Waals surface area contributed by atoms with Crippen LogP contribution >= 0.6 is 22.6 Å². The van der Waals surface area contributed by atoms with Gasteiger partial charge in [0.2, 0.25) is 0 Å². The number of allylic oxidation sites excluding steroid dienone is 2. The molecular formula is C7H7IO2. The molecule has 1 unspecified atom stereocenters. The summed E-state index contributed by atoms with van der Waals surface area (Å²) in [5, 5.41) is 0. The fraction of sp³-hybridized carbons (Fsp3) is 0.429. The fourth-order valence-electron chi connectivity index (χ4n) is 1.09. The molecule has 54 valence electrons. The van der Waals surface area contributed by atoms with Crippen LogP contribution in [-0.2, 0) is 9.47 Å². The first-order chi connectivity index (χ1) is 4.86. The molecule has 2 rings (SSSR count). The van der Waals surface area contributed by atoms with Gasteiger partial charge >= 0.3 is 0 Å². The molecule has 1 heterocycles. The van der Waals surface area contributed by atoms with Gasteiger partial charge in [0.1, 0.15) is 11.9 Å². The quantitative estimate of drug-likeness (QED) is 0.612. The van der Waals surface area contributed by atoms with Crippen molar-refractivity contribution in [3.8, 4) is 0 Å². The normalized spacial score (nSPS) is 30.3. The number of ether oxygens (including phenoxy) is 2. The second-order valence-electron chi connectivity index (χ2n) is 2.29. The van der Waals surface area contributed by atoms with Crippen molar-refractivity contribution in [1.82, 2.24) is 0 Å². The minimum atomic E-state index is 0.207. The maximum atomic E-state index is 5.27. The monoisotopic (exact) mass is 250 g/mol. The maximum Gasteiger partial charge on any atom is 0.189 e. The van der Waals surface area contributed by atoms with E-state index in [2.05, 4.69) is 28.7 Å². The topological polar surface area (TPSA) is 18.5 Å². The third-order valence-electron chi connectivity index (χ3n) is 1.62. The van der Waals surface area contributed by atoms with Crippen LogP contribution in [0.3, 0.4) is 0 Å². The van der Waals surface area contributed by atoms with Gasteiger partial charge in [0, 0.05) is 10.0 Å². The first kappa shape index (κ1) is 6.67. The van der Waals surface area contributed by atoms with Gasteiger partial charge < -0.3 is 9.47 Å². The molecule has 0 radical (unpaired) electrons. The number of fused-ring (bicyclic) bond motifs is 1. The second-order valence-corrected chi connectivity index (χ2v) is 3.53. The lowest BCUT2D eigenvalue weighted by molar-refractivity contribution is 0.0509. The van der Waals surface area contributed by atoms with E-state index in [1.54, 1.807) is 0 Å². The van der Waals surface area contributed by atoms with E-state index in [4.69, 9.17) is 9.47 Å². The Kier molecular flexibility index (Phi) is 1.69. The minimum Gasteiger partial charge on any atom is -0.469 e. The van der Waals surface area contributed by atoms with Crippen LogP contribution in [0, 0.1) is 0 Å². The Bertz CT molecular complexity index is 208. The summed E-state index contributed by atoms with van der Waals surface area (Å²) in [4.78, 5) is 0. The van der Waals surface area contributed by atoms with Gasteiger partial charge in [0.15, 0.2) is 6.79 Å². The minimum absolute atomic E-state index is 0.207. The van der Waals surface area contributed by atoms with E-state index in [0.29, 0.717) is 6.79 Å². The van der Waals surface area contributed by atoms with E-state index in [0.717, 1.165) is 12.2 Å². The molecule has 10 heavy (non-hydrogen) atoms. The molecule has 3 heteroatoms. The molecule has 1 fully saturated rings. The van der Waals surface area contributed by atoms with Crippen molar-refractivity contribution < 1.29 is 9.47 Å². The zero-order valence-corrected chi connectivity index (χ0v) is 7.50. The molecule has 0 aromatic heterocycles. The van der Waals surface area contributed by atoms with Crippen molar-refractivity contribution in [3.63, 3.8) is 0 Å². The zero-order valence-electron chi connectivity index (χ0n) is 5.34. The smallest absolute Gasteiger partial charge is 0.189 e. The van der Waals surface area contributed by atoms with Gasteiger partial charge in [-0.15, -0.1) is 0 Å². The van der Waals surface area contributed by atoms with Crippen molar-refractivity contribution in [2.45, 2.75) is 12.5 Å². The SMILES string of the molecule is IC1=CCC2OCOC2=C1. The van der Waals surface area contributed by atoms with Crippen LogP contribution < -0.4 is 0 Å². The van der Waals surface area contributed by atoms with Gasteiger partial charge in [-0.3, -0.25) is 0 Å². The highest BCUT2D eigenvalue weighted by Crippen LogP contribution is 2.28. The van der Waals surface area contributed by atoms with Crippen LogP contribution in [0.15, 0.2) is 21.5 Å². The molecular weight excluding hydrogens is 243 g/mol. The molecule has 0 saturated carbocycles. The molecule has 1 atom stereocenters. The van der Waals surface area contributed by atoms with Crippen LogP contribution in [0.5, 0.6) is 0 Å². The standard InChI is InChI=1S/C7H7IO2/c8-5-1-2-6-7(3-5)10-4-9-6/h1,3,6H,2,4H2. The first-order valence-corrected chi connectivity index (χ1v) is 4.26. The van der Waals surface area contributed by atoms with Crippen molar-refractivity contribution in [2.24, 2.45) is 0 Å². The molecule has 0 spiro atoms. The highest BCUT2D eigenvalue weighted by molar-refractivity contribution is 14.1. The Balaban J connectivity index is 2.24. The summed E-state index contributed by atoms with van der Waals surface area (Å²) in [6.07, 6.45) is 5.36. The zero-order chi connectivity index (χ0) is 6.97. The van der Waals surface area contributed by atoms with Crippen LogP contribution in [-0.4, -0.2) is 12.9 Å². The fourth-order valence-corrected chi connectivity index (χ4v) is 1.65. The predicted molar refractivity (Wildman–Crippen MR) is 45.6 cm³/mol. The maximum absolute atomic E-state index is 5.27. The summed E-state index contributed by atoms with van der Waals surface area (Å²) in [6.45, 7) is 0.425. The molecule has 1 saturated heterocycles. The molecule has 0 amide bonds. The molecule has 0 N–H and O–H groups in total. The van der Waals surface area contributed by atoms with Crippen molar-refractivity contribution >= 4 is 22.6 Å². The molecule has 0 aromatic rings. The van der Waals surface area contributed by atoms with Gasteiger partial charge in [-0.25, -0.2) is 0 Å². The highest BCUT2D eigenvalue weighted by atomic mass is 127. The number of halogens is 1. The van der Waals surface area contributed by atoms with E-state index < -0.39 is 0 Å². The summed E-state index contributed by atoms with van der Waals surface area (Å²) in [5.41, 5.74) is 0. The first-order valence-electron chi connectivity index (χ1n) is 3.18. The second kappa shape index (κ2) is 2.54. The highest BCUT2D eigenvalue weighted by Gasteiger charge is 2.24. The average molecular weight is 250 g/mol. The summed E-state index contributed by atoms with van der Waals surface area (Å²) >= 11 is 2.28. The lowest BCUT2D eigenvalue weighted by Gasteiger charge is -2.09. The van der Waals surface area contributed by atoms with Crippen molar-refractivity contribution in [2.75, 3.05) is 6.79 Å². The Morgan fingerprint density at radius 1 is 1.60 bits per heavy atom. The Morgan fingerprint density at radius 2 is 2.50 bits per heavy atom. The lowest BCUT2D eigenvalue weighted by atomic mass is 10.1. The largest absolute Gasteiger partial charge is 0.469 e. The van der Waals surface area contributed by atoms with E-state index in [9.17, 15) is 0 Å². The van der Waals surface area contributed by atoms with Crippen molar-refractivity contribution in [1.29, 1.82) is 0 Å². The lowest BCUT2D eigenvalue weighted by Crippen LogP contribution is -2.08. The van der Waals surface area contributed by atoms with E-state index in [1.807, 2.05) is 6.08 Å². The van der Waals surface area contributed by atoms with Crippen molar-refractivity contribution in [3.05, 3.63) is 21.5 Å². The molecule has 1 aliphatic carbocycles. The Labute approximate surface area is 73.0 Å². The van der Waals surface area contributed by atoms with Gasteiger partial charge in [0.05, 0.1) is 0 Å². The molecule has 2 nitrogen and oxygen atoms in total. The van der Waals surface area contributed by atoms with Crippen LogP contribution in [0.25, 0.3) is 0 Å². The van der Waals surface area contributed by atoms with Crippen LogP contribution in [0.4, 0.5) is 0 Å². The Hall–Kier alpha value is -0.0300. The summed E-state index contributed by atoms with van der Waals surface area (Å²) < 4.78 is 11.7. The van der Waals surface area contributed by atoms with E-state index >= 15 is 0 Å². The summed E-state index contributed by atoms with van der Waals surface area (Å²) in [7, 11) is 0. The van der Waals surface area contributed by atoms with Gasteiger partial charge in [0.25, 0.3) is 0 Å². The van der Waals surface area contributed by atoms with Gasteiger partial charge in [-0.2, -0.15) is 0 Å². The average Bonchev–Trinajstić information content (AvgIpc) is 2.33. The van der Waals surface area contributed by atoms with Gasteiger partial charge in [-0.1, -0.05) is 6.08 Å². The third kappa shape index (κ3) is 1.08. The Morgan fingerprint density at radius 3 is 3.40 bits per heavy atom. The van der Waals surface area contributed by atoms with Crippen LogP contribution in [0.1, 0.15) is 6.42 Å². The van der Waals surface area contributed by atoms with Gasteiger partial charge in [-0.05, 0) is 28.7 Å². The predicted octanol–water partition coefficient (Wildman–Crippen LogP) is 1.97. The molecule has 2 aliphatic rings. The van der Waals surface area contributed by atoms with E-state index in [1.165, 1.54) is 3.58 Å². The van der Waals surface area contributed by atoms with Crippen LogP contribution in [0.2, 0.25) is 0 Å². The third-order valence-corrected chi connectivity index (χ3v) is 2.37. The summed E-state index contributed by atoms with van der Waals surface area (Å²) in [6, 6.07) is 0. The number of hydrogen-bond donors (Lipinski definition) is 0. The number of hydrogen-bond acceptors (Lipinski definition) is 2. The van der Waals surface area contributed by atoms with E-state index in [-0.39, 0.29) is 6.10 Å².